The summed E-state index contributed by atoms with van der Waals surface area (Å²) < 4.78 is 32.8. The molecule has 0 aromatic carbocycles. The Labute approximate surface area is 147 Å². The number of rotatable bonds is 6. The molecule has 3 rings (SSSR count). The van der Waals surface area contributed by atoms with Gasteiger partial charge in [-0.15, -0.1) is 0 Å². The van der Waals surface area contributed by atoms with E-state index in [0.29, 0.717) is 25.5 Å². The third kappa shape index (κ3) is 4.77. The molecule has 0 aliphatic carbocycles. The van der Waals surface area contributed by atoms with Crippen LogP contribution in [-0.4, -0.2) is 54.5 Å². The lowest BCUT2D eigenvalue weighted by Gasteiger charge is -2.24. The number of aromatic nitrogens is 3. The third-order valence-corrected chi connectivity index (χ3v) is 4.90. The van der Waals surface area contributed by atoms with Gasteiger partial charge in [0.25, 0.3) is 0 Å². The fourth-order valence-electron chi connectivity index (χ4n) is 3.11. The number of methoxy groups -OCH3 is 1. The maximum atomic E-state index is 11.4. The summed E-state index contributed by atoms with van der Waals surface area (Å²) in [6, 6.07) is 5.89. The Morgan fingerprint density at radius 1 is 1.32 bits per heavy atom. The van der Waals surface area contributed by atoms with Crippen molar-refractivity contribution in [3.63, 3.8) is 0 Å². The van der Waals surface area contributed by atoms with E-state index in [1.165, 1.54) is 6.26 Å². The van der Waals surface area contributed by atoms with Gasteiger partial charge in [0, 0.05) is 56.6 Å². The summed E-state index contributed by atoms with van der Waals surface area (Å²) in [4.78, 5) is 6.52. The van der Waals surface area contributed by atoms with E-state index in [9.17, 15) is 8.42 Å². The number of nitrogens with one attached hydrogen (secondary N) is 1. The topological polar surface area (TPSA) is 89.3 Å². The zero-order valence-corrected chi connectivity index (χ0v) is 15.2. The third-order valence-electron chi connectivity index (χ3n) is 4.21. The molecular weight excluding hydrogens is 342 g/mol. The Bertz CT molecular complexity index is 821. The molecule has 1 N–H and O–H groups in total. The second-order valence-electron chi connectivity index (χ2n) is 6.33. The molecule has 2 aromatic rings. The first-order valence-electron chi connectivity index (χ1n) is 8.10. The van der Waals surface area contributed by atoms with Crippen LogP contribution in [0.25, 0.3) is 0 Å². The molecule has 136 valence electrons. The second kappa shape index (κ2) is 7.51. The van der Waals surface area contributed by atoms with Crippen LogP contribution in [0.15, 0.2) is 30.6 Å². The van der Waals surface area contributed by atoms with E-state index < -0.39 is 10.0 Å². The maximum Gasteiger partial charge on any atom is 0.217 e. The number of pyridine rings is 1. The average Bonchev–Trinajstić information content (AvgIpc) is 2.92. The number of fused-ring (bicyclic) bond motifs is 1. The van der Waals surface area contributed by atoms with Crippen LogP contribution in [0.5, 0.6) is 5.88 Å². The molecule has 1 aliphatic heterocycles. The van der Waals surface area contributed by atoms with Gasteiger partial charge in [0.1, 0.15) is 0 Å². The lowest BCUT2D eigenvalue weighted by Crippen LogP contribution is -2.36. The zero-order valence-electron chi connectivity index (χ0n) is 14.4. The highest BCUT2D eigenvalue weighted by Crippen LogP contribution is 2.21. The van der Waals surface area contributed by atoms with E-state index in [0.717, 1.165) is 24.3 Å². The molecule has 0 saturated heterocycles. The molecule has 8 nitrogen and oxygen atoms in total. The Morgan fingerprint density at radius 2 is 2.16 bits per heavy atom. The van der Waals surface area contributed by atoms with E-state index in [4.69, 9.17) is 4.74 Å². The van der Waals surface area contributed by atoms with Gasteiger partial charge in [-0.25, -0.2) is 18.1 Å². The molecule has 2 aromatic heterocycles. The van der Waals surface area contributed by atoms with Crippen molar-refractivity contribution in [3.8, 4) is 5.88 Å². The van der Waals surface area contributed by atoms with Crippen molar-refractivity contribution in [3.05, 3.63) is 41.9 Å². The molecule has 0 fully saturated rings. The molecule has 0 spiro atoms. The Hall–Kier alpha value is -1.97. The maximum absolute atomic E-state index is 11.4. The minimum absolute atomic E-state index is 0.124. The summed E-state index contributed by atoms with van der Waals surface area (Å²) >= 11 is 0. The SMILES string of the molecule is COc1ncccc1CN1Cc2ccnn2C[C@@H](CNS(C)(=O)=O)C1. The van der Waals surface area contributed by atoms with E-state index >= 15 is 0 Å². The molecular formula is C16H23N5O3S. The van der Waals surface area contributed by atoms with Gasteiger partial charge in [-0.05, 0) is 12.1 Å². The highest BCUT2D eigenvalue weighted by molar-refractivity contribution is 7.88. The largest absolute Gasteiger partial charge is 0.481 e. The number of sulfonamides is 1. The Kier molecular flexibility index (Phi) is 5.36. The minimum atomic E-state index is -3.21. The van der Waals surface area contributed by atoms with E-state index in [-0.39, 0.29) is 5.92 Å². The molecule has 0 bridgehead atoms. The first-order valence-corrected chi connectivity index (χ1v) is 9.99. The molecule has 1 atom stereocenters. The van der Waals surface area contributed by atoms with E-state index in [1.807, 2.05) is 22.9 Å². The van der Waals surface area contributed by atoms with Gasteiger partial charge in [0.2, 0.25) is 15.9 Å². The van der Waals surface area contributed by atoms with E-state index in [1.54, 1.807) is 19.5 Å². The van der Waals surface area contributed by atoms with Crippen molar-refractivity contribution in [2.45, 2.75) is 19.6 Å². The Balaban J connectivity index is 1.78. The van der Waals surface area contributed by atoms with Crippen LogP contribution in [0.2, 0.25) is 0 Å². The first-order chi connectivity index (χ1) is 11.9. The normalized spacial score (nSPS) is 18.6. The molecule has 0 unspecified atom stereocenters. The lowest BCUT2D eigenvalue weighted by atomic mass is 10.1. The van der Waals surface area contributed by atoms with Crippen molar-refractivity contribution in [1.82, 2.24) is 24.4 Å². The van der Waals surface area contributed by atoms with Gasteiger partial charge in [-0.3, -0.25) is 9.58 Å². The summed E-state index contributed by atoms with van der Waals surface area (Å²) in [5.41, 5.74) is 2.12. The fourth-order valence-corrected chi connectivity index (χ4v) is 3.65. The molecule has 9 heteroatoms. The summed E-state index contributed by atoms with van der Waals surface area (Å²) in [6.07, 6.45) is 4.67. The predicted octanol–water partition coefficient (Wildman–Crippen LogP) is 0.468. The molecule has 0 saturated carbocycles. The van der Waals surface area contributed by atoms with Crippen LogP contribution < -0.4 is 9.46 Å². The number of nitrogens with zero attached hydrogens (tertiary/aromatic N) is 4. The zero-order chi connectivity index (χ0) is 17.9. The highest BCUT2D eigenvalue weighted by Gasteiger charge is 2.24. The highest BCUT2D eigenvalue weighted by atomic mass is 32.2. The molecule has 0 radical (unpaired) electrons. The quantitative estimate of drug-likeness (QED) is 0.800. The Morgan fingerprint density at radius 3 is 2.92 bits per heavy atom. The second-order valence-corrected chi connectivity index (χ2v) is 8.17. The standard InChI is InChI=1S/C16H23N5O3S/c1-24-16-14(4-3-6-17-16)11-20-9-13(8-19-25(2,22)23)10-21-15(12-20)5-7-18-21/h3-7,13,19H,8-12H2,1-2H3/t13-/m0/s1. The minimum Gasteiger partial charge on any atom is -0.481 e. The summed E-state index contributed by atoms with van der Waals surface area (Å²) in [5.74, 6) is 0.740. The van der Waals surface area contributed by atoms with Crippen molar-refractivity contribution in [2.24, 2.45) is 5.92 Å². The number of hydrogen-bond acceptors (Lipinski definition) is 6. The lowest BCUT2D eigenvalue weighted by molar-refractivity contribution is 0.218. The van der Waals surface area contributed by atoms with Gasteiger partial charge in [-0.2, -0.15) is 5.10 Å². The average molecular weight is 365 g/mol. The van der Waals surface area contributed by atoms with Crippen molar-refractivity contribution >= 4 is 10.0 Å². The molecule has 3 heterocycles. The molecule has 25 heavy (non-hydrogen) atoms. The van der Waals surface area contributed by atoms with Gasteiger partial charge >= 0.3 is 0 Å². The monoisotopic (exact) mass is 365 g/mol. The summed E-state index contributed by atoms with van der Waals surface area (Å²) in [6.45, 7) is 3.25. The molecule has 0 amide bonds. The van der Waals surface area contributed by atoms with Crippen LogP contribution in [0.3, 0.4) is 0 Å². The summed E-state index contributed by atoms with van der Waals surface area (Å²) in [7, 11) is -1.60. The predicted molar refractivity (Wildman–Crippen MR) is 93.5 cm³/mol. The van der Waals surface area contributed by atoms with Gasteiger partial charge in [0.05, 0.1) is 19.1 Å². The number of ether oxygens (including phenoxy) is 1. The van der Waals surface area contributed by atoms with Gasteiger partial charge in [0.15, 0.2) is 0 Å². The van der Waals surface area contributed by atoms with Crippen LogP contribution in [0.4, 0.5) is 0 Å². The van der Waals surface area contributed by atoms with Gasteiger partial charge in [-0.1, -0.05) is 6.07 Å². The van der Waals surface area contributed by atoms with Crippen molar-refractivity contribution in [2.75, 3.05) is 26.5 Å². The van der Waals surface area contributed by atoms with Crippen molar-refractivity contribution < 1.29 is 13.2 Å². The van der Waals surface area contributed by atoms with Crippen LogP contribution in [0.1, 0.15) is 11.3 Å². The van der Waals surface area contributed by atoms with E-state index in [2.05, 4.69) is 19.7 Å². The fraction of sp³-hybridized carbons (Fsp3) is 0.500. The van der Waals surface area contributed by atoms with Crippen LogP contribution >= 0.6 is 0 Å². The molecule has 1 aliphatic rings. The first kappa shape index (κ1) is 17.8. The number of hydrogen-bond donors (Lipinski definition) is 1. The van der Waals surface area contributed by atoms with Gasteiger partial charge < -0.3 is 4.74 Å². The van der Waals surface area contributed by atoms with Crippen molar-refractivity contribution in [1.29, 1.82) is 0 Å². The van der Waals surface area contributed by atoms with Crippen LogP contribution in [0, 0.1) is 5.92 Å². The van der Waals surface area contributed by atoms with Crippen LogP contribution in [-0.2, 0) is 29.7 Å². The summed E-state index contributed by atoms with van der Waals surface area (Å²) in [5, 5.41) is 4.36. The smallest absolute Gasteiger partial charge is 0.217 e.